The standard InChI is InChI=1S/C20H13Cl3N2O2/c21-13-9-10-16(14(11-13)19(26)12-5-2-1-3-6-12)24-20(27)25-17-8-4-7-15(22)18(17)23/h1-11H,(H2,24,25,27). The molecule has 0 aliphatic heterocycles. The quantitative estimate of drug-likeness (QED) is 0.473. The van der Waals surface area contributed by atoms with Crippen LogP contribution in [-0.4, -0.2) is 11.8 Å². The summed E-state index contributed by atoms with van der Waals surface area (Å²) in [6.45, 7) is 0. The summed E-state index contributed by atoms with van der Waals surface area (Å²) in [5.74, 6) is -0.255. The van der Waals surface area contributed by atoms with E-state index in [2.05, 4.69) is 10.6 Å². The molecule has 0 atom stereocenters. The van der Waals surface area contributed by atoms with Gasteiger partial charge in [-0.05, 0) is 30.3 Å². The van der Waals surface area contributed by atoms with Crippen LogP contribution in [-0.2, 0) is 0 Å². The van der Waals surface area contributed by atoms with E-state index in [1.165, 1.54) is 6.07 Å². The van der Waals surface area contributed by atoms with Crippen LogP contribution in [0.5, 0.6) is 0 Å². The third-order valence-corrected chi connectivity index (χ3v) is 4.76. The number of urea groups is 1. The van der Waals surface area contributed by atoms with Gasteiger partial charge in [0.05, 0.1) is 21.4 Å². The van der Waals surface area contributed by atoms with Crippen molar-refractivity contribution < 1.29 is 9.59 Å². The van der Waals surface area contributed by atoms with Gasteiger partial charge in [0.1, 0.15) is 0 Å². The number of carbonyl (C=O) groups excluding carboxylic acids is 2. The third-order valence-electron chi connectivity index (χ3n) is 3.71. The molecule has 0 radical (unpaired) electrons. The second-order valence-electron chi connectivity index (χ2n) is 5.57. The Labute approximate surface area is 171 Å². The number of rotatable bonds is 4. The molecular formula is C20H13Cl3N2O2. The number of ketones is 1. The summed E-state index contributed by atoms with van der Waals surface area (Å²) in [5.41, 5.74) is 1.44. The molecule has 3 rings (SSSR count). The summed E-state index contributed by atoms with van der Waals surface area (Å²) in [4.78, 5) is 25.2. The van der Waals surface area contributed by atoms with Gasteiger partial charge in [-0.25, -0.2) is 4.79 Å². The molecule has 136 valence electrons. The van der Waals surface area contributed by atoms with Crippen LogP contribution >= 0.6 is 34.8 Å². The Morgan fingerprint density at radius 1 is 0.741 bits per heavy atom. The number of carbonyl (C=O) groups is 2. The van der Waals surface area contributed by atoms with Crippen molar-refractivity contribution in [1.82, 2.24) is 0 Å². The van der Waals surface area contributed by atoms with Gasteiger partial charge in [0.25, 0.3) is 0 Å². The van der Waals surface area contributed by atoms with Crippen molar-refractivity contribution in [1.29, 1.82) is 0 Å². The molecule has 0 saturated carbocycles. The fraction of sp³-hybridized carbons (Fsp3) is 0. The van der Waals surface area contributed by atoms with Crippen molar-refractivity contribution in [2.45, 2.75) is 0 Å². The monoisotopic (exact) mass is 418 g/mol. The topological polar surface area (TPSA) is 58.2 Å². The molecule has 0 aliphatic carbocycles. The van der Waals surface area contributed by atoms with Gasteiger partial charge in [-0.3, -0.25) is 4.79 Å². The second-order valence-corrected chi connectivity index (χ2v) is 6.79. The molecule has 0 aliphatic rings. The van der Waals surface area contributed by atoms with Gasteiger partial charge in [0.2, 0.25) is 0 Å². The number of benzene rings is 3. The molecular weight excluding hydrogens is 407 g/mol. The Hall–Kier alpha value is -2.53. The van der Waals surface area contributed by atoms with Crippen LogP contribution in [0.3, 0.4) is 0 Å². The maximum Gasteiger partial charge on any atom is 0.323 e. The zero-order chi connectivity index (χ0) is 19.4. The van der Waals surface area contributed by atoms with Gasteiger partial charge in [-0.2, -0.15) is 0 Å². The smallest absolute Gasteiger partial charge is 0.307 e. The maximum atomic E-state index is 12.8. The van der Waals surface area contributed by atoms with E-state index in [4.69, 9.17) is 34.8 Å². The predicted molar refractivity (Wildman–Crippen MR) is 110 cm³/mol. The normalized spacial score (nSPS) is 10.3. The highest BCUT2D eigenvalue weighted by Crippen LogP contribution is 2.30. The average Bonchev–Trinajstić information content (AvgIpc) is 2.67. The molecule has 0 bridgehead atoms. The highest BCUT2D eigenvalue weighted by atomic mass is 35.5. The number of hydrogen-bond acceptors (Lipinski definition) is 2. The lowest BCUT2D eigenvalue weighted by molar-refractivity contribution is 0.103. The van der Waals surface area contributed by atoms with Gasteiger partial charge in [-0.1, -0.05) is 71.2 Å². The molecule has 2 amide bonds. The van der Waals surface area contributed by atoms with Crippen LogP contribution in [0.15, 0.2) is 66.7 Å². The van der Waals surface area contributed by atoms with Crippen molar-refractivity contribution in [3.63, 3.8) is 0 Å². The van der Waals surface area contributed by atoms with Crippen LogP contribution in [0.2, 0.25) is 15.1 Å². The molecule has 0 saturated heterocycles. The molecule has 3 aromatic rings. The number of anilines is 2. The Morgan fingerprint density at radius 3 is 2.19 bits per heavy atom. The lowest BCUT2D eigenvalue weighted by Crippen LogP contribution is -2.21. The van der Waals surface area contributed by atoms with E-state index in [0.29, 0.717) is 27.0 Å². The third kappa shape index (κ3) is 4.61. The van der Waals surface area contributed by atoms with Crippen LogP contribution in [0.25, 0.3) is 0 Å². The van der Waals surface area contributed by atoms with Gasteiger partial charge >= 0.3 is 6.03 Å². The number of nitrogens with one attached hydrogen (secondary N) is 2. The molecule has 0 heterocycles. The van der Waals surface area contributed by atoms with E-state index in [0.717, 1.165) is 0 Å². The molecule has 7 heteroatoms. The van der Waals surface area contributed by atoms with E-state index in [9.17, 15) is 9.59 Å². The minimum atomic E-state index is -0.566. The van der Waals surface area contributed by atoms with Crippen LogP contribution < -0.4 is 10.6 Å². The Balaban J connectivity index is 1.86. The Kier molecular flexibility index (Phi) is 6.01. The molecule has 0 unspecified atom stereocenters. The van der Waals surface area contributed by atoms with E-state index >= 15 is 0 Å². The maximum absolute atomic E-state index is 12.8. The summed E-state index contributed by atoms with van der Waals surface area (Å²) >= 11 is 18.1. The lowest BCUT2D eigenvalue weighted by atomic mass is 10.0. The van der Waals surface area contributed by atoms with Crippen molar-refractivity contribution in [2.75, 3.05) is 10.6 Å². The molecule has 27 heavy (non-hydrogen) atoms. The largest absolute Gasteiger partial charge is 0.323 e. The van der Waals surface area contributed by atoms with Gasteiger partial charge < -0.3 is 10.6 Å². The first-order valence-electron chi connectivity index (χ1n) is 7.87. The summed E-state index contributed by atoms with van der Waals surface area (Å²) in [7, 11) is 0. The lowest BCUT2D eigenvalue weighted by Gasteiger charge is -2.13. The first-order chi connectivity index (χ1) is 13.0. The fourth-order valence-corrected chi connectivity index (χ4v) is 2.95. The van der Waals surface area contributed by atoms with Gasteiger partial charge in [0.15, 0.2) is 5.78 Å². The molecule has 0 spiro atoms. The summed E-state index contributed by atoms with van der Waals surface area (Å²) in [6.07, 6.45) is 0. The highest BCUT2D eigenvalue weighted by molar-refractivity contribution is 6.44. The van der Waals surface area contributed by atoms with Crippen molar-refractivity contribution in [3.05, 3.63) is 92.9 Å². The average molecular weight is 420 g/mol. The molecule has 3 aromatic carbocycles. The molecule has 0 fully saturated rings. The summed E-state index contributed by atoms with van der Waals surface area (Å²) < 4.78 is 0. The number of halogens is 3. The van der Waals surface area contributed by atoms with E-state index in [1.54, 1.807) is 54.6 Å². The first-order valence-corrected chi connectivity index (χ1v) is 9.00. The van der Waals surface area contributed by atoms with Crippen LogP contribution in [0.1, 0.15) is 15.9 Å². The Bertz CT molecular complexity index is 1010. The molecule has 2 N–H and O–H groups in total. The Morgan fingerprint density at radius 2 is 1.44 bits per heavy atom. The minimum absolute atomic E-state index is 0.228. The predicted octanol–water partition coefficient (Wildman–Crippen LogP) is 6.52. The van der Waals surface area contributed by atoms with Gasteiger partial charge in [0, 0.05) is 16.1 Å². The van der Waals surface area contributed by atoms with Crippen LogP contribution in [0.4, 0.5) is 16.2 Å². The van der Waals surface area contributed by atoms with E-state index in [1.807, 2.05) is 6.07 Å². The first kappa shape index (κ1) is 19.2. The molecule has 0 aromatic heterocycles. The van der Waals surface area contributed by atoms with Crippen molar-refractivity contribution in [3.8, 4) is 0 Å². The van der Waals surface area contributed by atoms with Crippen molar-refractivity contribution >= 4 is 58.0 Å². The SMILES string of the molecule is O=C(Nc1ccc(Cl)cc1C(=O)c1ccccc1)Nc1cccc(Cl)c1Cl. The van der Waals surface area contributed by atoms with E-state index in [-0.39, 0.29) is 16.4 Å². The fourth-order valence-electron chi connectivity index (χ4n) is 2.43. The zero-order valence-corrected chi connectivity index (χ0v) is 16.1. The van der Waals surface area contributed by atoms with E-state index < -0.39 is 6.03 Å². The van der Waals surface area contributed by atoms with Crippen LogP contribution in [0, 0.1) is 0 Å². The number of hydrogen-bond donors (Lipinski definition) is 2. The van der Waals surface area contributed by atoms with Gasteiger partial charge in [-0.15, -0.1) is 0 Å². The number of amides is 2. The highest BCUT2D eigenvalue weighted by Gasteiger charge is 2.16. The summed E-state index contributed by atoms with van der Waals surface area (Å²) in [6, 6.07) is 17.7. The summed E-state index contributed by atoms with van der Waals surface area (Å²) in [5, 5.41) is 6.20. The second kappa shape index (κ2) is 8.44. The molecule has 4 nitrogen and oxygen atoms in total. The minimum Gasteiger partial charge on any atom is -0.307 e. The van der Waals surface area contributed by atoms with Crippen molar-refractivity contribution in [2.24, 2.45) is 0 Å². The zero-order valence-electron chi connectivity index (χ0n) is 13.8.